The van der Waals surface area contributed by atoms with E-state index >= 15 is 0 Å². The van der Waals surface area contributed by atoms with Gasteiger partial charge in [0.1, 0.15) is 11.4 Å². The number of amidine groups is 1. The number of likely N-dealkylation sites (tertiary alicyclic amines) is 1. The van der Waals surface area contributed by atoms with Crippen LogP contribution < -0.4 is 0 Å². The Labute approximate surface area is 217 Å². The van der Waals surface area contributed by atoms with Crippen molar-refractivity contribution in [2.24, 2.45) is 16.8 Å². The first kappa shape index (κ1) is 22.4. The zero-order chi connectivity index (χ0) is 25.0. The third-order valence-corrected chi connectivity index (χ3v) is 8.28. The van der Waals surface area contributed by atoms with E-state index in [2.05, 4.69) is 53.5 Å². The molecule has 2 saturated carbocycles. The lowest BCUT2D eigenvalue weighted by atomic mass is 10.00. The van der Waals surface area contributed by atoms with Crippen LogP contribution in [0.5, 0.6) is 0 Å². The highest BCUT2D eigenvalue weighted by molar-refractivity contribution is 6.16. The zero-order valence-corrected chi connectivity index (χ0v) is 20.8. The quantitative estimate of drug-likeness (QED) is 0.499. The summed E-state index contributed by atoms with van der Waals surface area (Å²) >= 11 is 0. The Morgan fingerprint density at radius 1 is 0.811 bits per heavy atom. The van der Waals surface area contributed by atoms with Crippen LogP contribution in [0.3, 0.4) is 0 Å². The zero-order valence-electron chi connectivity index (χ0n) is 20.8. The van der Waals surface area contributed by atoms with Crippen LogP contribution in [0.4, 0.5) is 0 Å². The van der Waals surface area contributed by atoms with Gasteiger partial charge in [0.05, 0.1) is 0 Å². The van der Waals surface area contributed by atoms with E-state index in [1.165, 1.54) is 0 Å². The summed E-state index contributed by atoms with van der Waals surface area (Å²) in [6, 6.07) is 21.0. The number of amides is 2. The van der Waals surface area contributed by atoms with Gasteiger partial charge in [-0.2, -0.15) is 0 Å². The monoisotopic (exact) mass is 490 g/mol. The molecule has 0 N–H and O–H groups in total. The van der Waals surface area contributed by atoms with Gasteiger partial charge in [-0.25, -0.2) is 0 Å². The van der Waals surface area contributed by atoms with E-state index in [9.17, 15) is 9.59 Å². The highest BCUT2D eigenvalue weighted by Crippen LogP contribution is 2.46. The topological polar surface area (TPSA) is 65.9 Å². The molecule has 2 aromatic carbocycles. The first-order chi connectivity index (χ1) is 18.1. The fraction of sp³-hybridized carbons (Fsp3) is 0.355. The average molecular weight is 491 g/mol. The summed E-state index contributed by atoms with van der Waals surface area (Å²) in [4.78, 5) is 38.9. The van der Waals surface area contributed by atoms with Crippen LogP contribution >= 0.6 is 0 Å². The molecule has 0 radical (unpaired) electrons. The van der Waals surface area contributed by atoms with Gasteiger partial charge in [-0.3, -0.25) is 24.5 Å². The molecule has 1 unspecified atom stereocenters. The van der Waals surface area contributed by atoms with Crippen LogP contribution in [0.25, 0.3) is 22.3 Å². The van der Waals surface area contributed by atoms with Crippen molar-refractivity contribution in [3.8, 4) is 22.3 Å². The van der Waals surface area contributed by atoms with Crippen molar-refractivity contribution in [2.75, 3.05) is 19.6 Å². The van der Waals surface area contributed by atoms with Crippen LogP contribution in [-0.4, -0.2) is 57.6 Å². The fourth-order valence-electron chi connectivity index (χ4n) is 5.73. The van der Waals surface area contributed by atoms with Crippen molar-refractivity contribution >= 4 is 17.6 Å². The van der Waals surface area contributed by atoms with Gasteiger partial charge in [0.15, 0.2) is 0 Å². The minimum Gasteiger partial charge on any atom is -0.342 e. The number of hydrogen-bond donors (Lipinski definition) is 0. The van der Waals surface area contributed by atoms with Gasteiger partial charge in [-0.15, -0.1) is 0 Å². The van der Waals surface area contributed by atoms with Crippen molar-refractivity contribution < 1.29 is 9.59 Å². The Kier molecular flexibility index (Phi) is 5.24. The van der Waals surface area contributed by atoms with Crippen LogP contribution in [0.15, 0.2) is 78.0 Å². The number of carbonyl (C=O) groups excluding carboxylic acids is 2. The smallest absolute Gasteiger partial charge is 0.256 e. The lowest BCUT2D eigenvalue weighted by Gasteiger charge is -2.23. The predicted molar refractivity (Wildman–Crippen MR) is 143 cm³/mol. The van der Waals surface area contributed by atoms with Crippen molar-refractivity contribution in [1.29, 1.82) is 0 Å². The van der Waals surface area contributed by atoms with Gasteiger partial charge in [0.25, 0.3) is 5.91 Å². The highest BCUT2D eigenvalue weighted by Gasteiger charge is 2.57. The van der Waals surface area contributed by atoms with Crippen molar-refractivity contribution in [3.63, 3.8) is 0 Å². The standard InChI is InChI=1S/C31H30N4O2/c36-29(27-9-10-27)34-18-13-21(19-34)20-35-28(33-31(14-15-31)30(35)37)26-7-5-23(6-8-26)22-1-3-24(4-2-22)25-11-16-32-17-12-25/h1-8,11-12,16-17,21,27H,9-10,13-15,18-20H2. The number of aromatic nitrogens is 1. The first-order valence-electron chi connectivity index (χ1n) is 13.4. The normalized spacial score (nSPS) is 22.0. The van der Waals surface area contributed by atoms with E-state index in [4.69, 9.17) is 4.99 Å². The summed E-state index contributed by atoms with van der Waals surface area (Å²) in [5.74, 6) is 1.82. The van der Waals surface area contributed by atoms with Crippen LogP contribution in [-0.2, 0) is 9.59 Å². The van der Waals surface area contributed by atoms with Gasteiger partial charge in [0, 0.05) is 43.5 Å². The molecule has 3 heterocycles. The number of carbonyl (C=O) groups is 2. The van der Waals surface area contributed by atoms with Crippen molar-refractivity contribution in [2.45, 2.75) is 37.6 Å². The molecule has 7 rings (SSSR count). The van der Waals surface area contributed by atoms with E-state index in [-0.39, 0.29) is 11.8 Å². The minimum atomic E-state index is -0.529. The Balaban J connectivity index is 1.08. The molecule has 37 heavy (non-hydrogen) atoms. The van der Waals surface area contributed by atoms with Gasteiger partial charge < -0.3 is 4.90 Å². The number of pyridine rings is 1. The summed E-state index contributed by atoms with van der Waals surface area (Å²) in [7, 11) is 0. The Hall–Kier alpha value is -3.80. The molecule has 1 saturated heterocycles. The molecule has 2 aliphatic carbocycles. The second-order valence-electron chi connectivity index (χ2n) is 11.0. The SMILES string of the molecule is O=C(C1CC1)N1CCC(CN2C(=O)C3(CC3)N=C2c2ccc(-c3ccc(-c4ccncc4)cc3)cc2)C1. The minimum absolute atomic E-state index is 0.144. The first-order valence-corrected chi connectivity index (χ1v) is 13.4. The maximum atomic E-state index is 13.4. The molecule has 2 amide bonds. The van der Waals surface area contributed by atoms with Gasteiger partial charge in [0.2, 0.25) is 5.91 Å². The Morgan fingerprint density at radius 2 is 1.38 bits per heavy atom. The number of benzene rings is 2. The van der Waals surface area contributed by atoms with E-state index in [1.807, 2.05) is 34.3 Å². The number of nitrogens with zero attached hydrogens (tertiary/aromatic N) is 4. The molecule has 1 aromatic heterocycles. The maximum absolute atomic E-state index is 13.4. The Bertz CT molecular complexity index is 1370. The van der Waals surface area contributed by atoms with Crippen LogP contribution in [0.2, 0.25) is 0 Å². The third kappa shape index (κ3) is 4.14. The molecule has 6 nitrogen and oxygen atoms in total. The van der Waals surface area contributed by atoms with Gasteiger partial charge in [-0.1, -0.05) is 48.5 Å². The molecule has 1 spiro atoms. The molecule has 0 bridgehead atoms. The number of aliphatic imine (C=N–C) groups is 1. The van der Waals surface area contributed by atoms with E-state index in [1.54, 1.807) is 0 Å². The predicted octanol–water partition coefficient (Wildman–Crippen LogP) is 4.80. The summed E-state index contributed by atoms with van der Waals surface area (Å²) in [5.41, 5.74) is 5.05. The van der Waals surface area contributed by atoms with Crippen LogP contribution in [0.1, 0.15) is 37.7 Å². The molecule has 186 valence electrons. The van der Waals surface area contributed by atoms with Crippen molar-refractivity contribution in [3.05, 3.63) is 78.6 Å². The fourth-order valence-corrected chi connectivity index (χ4v) is 5.73. The largest absolute Gasteiger partial charge is 0.342 e. The van der Waals surface area contributed by atoms with E-state index in [0.29, 0.717) is 18.4 Å². The van der Waals surface area contributed by atoms with Crippen LogP contribution in [0, 0.1) is 11.8 Å². The molecule has 2 aliphatic heterocycles. The highest BCUT2D eigenvalue weighted by atomic mass is 16.2. The lowest BCUT2D eigenvalue weighted by molar-refractivity contribution is -0.131. The summed E-state index contributed by atoms with van der Waals surface area (Å²) in [5, 5.41) is 0. The molecule has 6 heteroatoms. The molecule has 1 atom stereocenters. The van der Waals surface area contributed by atoms with E-state index in [0.717, 1.165) is 78.8 Å². The second kappa shape index (κ2) is 8.65. The van der Waals surface area contributed by atoms with E-state index < -0.39 is 5.54 Å². The Morgan fingerprint density at radius 3 is 1.95 bits per heavy atom. The summed E-state index contributed by atoms with van der Waals surface area (Å²) in [6.45, 7) is 2.22. The van der Waals surface area contributed by atoms with Crippen molar-refractivity contribution in [1.82, 2.24) is 14.8 Å². The maximum Gasteiger partial charge on any atom is 0.256 e. The average Bonchev–Trinajstić information content (AvgIpc) is 3.87. The molecule has 3 aromatic rings. The molecule has 3 fully saturated rings. The second-order valence-corrected chi connectivity index (χ2v) is 11.0. The summed E-state index contributed by atoms with van der Waals surface area (Å²) in [6.07, 6.45) is 8.32. The molecular weight excluding hydrogens is 460 g/mol. The number of rotatable bonds is 6. The molecular formula is C31H30N4O2. The third-order valence-electron chi connectivity index (χ3n) is 8.28. The lowest BCUT2D eigenvalue weighted by Crippen LogP contribution is -2.40. The van der Waals surface area contributed by atoms with Gasteiger partial charge >= 0.3 is 0 Å². The number of hydrogen-bond acceptors (Lipinski definition) is 4. The molecule has 4 aliphatic rings. The summed E-state index contributed by atoms with van der Waals surface area (Å²) < 4.78 is 0. The van der Waals surface area contributed by atoms with Gasteiger partial charge in [-0.05, 0) is 72.4 Å².